The molecule has 6 nitrogen and oxygen atoms in total. The summed E-state index contributed by atoms with van der Waals surface area (Å²) in [4.78, 5) is 27.9. The number of imidazole rings is 1. The summed E-state index contributed by atoms with van der Waals surface area (Å²) in [5.74, 6) is 0.553. The van der Waals surface area contributed by atoms with Crippen molar-refractivity contribution in [2.75, 3.05) is 13.1 Å². The summed E-state index contributed by atoms with van der Waals surface area (Å²) >= 11 is 0. The normalized spacial score (nSPS) is 18.7. The molecule has 178 valence electrons. The van der Waals surface area contributed by atoms with E-state index < -0.39 is 6.17 Å². The third-order valence-corrected chi connectivity index (χ3v) is 7.64. The highest BCUT2D eigenvalue weighted by Gasteiger charge is 2.48. The van der Waals surface area contributed by atoms with E-state index in [2.05, 4.69) is 49.8 Å². The number of hydrogen-bond donors (Lipinski definition) is 0. The number of hydrogen-bond acceptors (Lipinski definition) is 4. The molecule has 1 aliphatic carbocycles. The first-order valence-electron chi connectivity index (χ1n) is 12.3. The van der Waals surface area contributed by atoms with Crippen LogP contribution in [0.3, 0.4) is 0 Å². The van der Waals surface area contributed by atoms with Crippen molar-refractivity contribution in [2.45, 2.75) is 30.8 Å². The third-order valence-electron chi connectivity index (χ3n) is 7.64. The zero-order valence-electron chi connectivity index (χ0n) is 19.6. The Morgan fingerprint density at radius 2 is 1.81 bits per heavy atom. The Morgan fingerprint density at radius 1 is 0.972 bits per heavy atom. The van der Waals surface area contributed by atoms with Gasteiger partial charge in [0.25, 0.3) is 5.91 Å². The van der Waals surface area contributed by atoms with Crippen LogP contribution in [0.1, 0.15) is 40.9 Å². The van der Waals surface area contributed by atoms with Crippen LogP contribution in [0.25, 0.3) is 27.8 Å². The Hall–Kier alpha value is -4.13. The van der Waals surface area contributed by atoms with Crippen molar-refractivity contribution in [3.8, 4) is 11.1 Å². The van der Waals surface area contributed by atoms with Gasteiger partial charge in [0, 0.05) is 47.1 Å². The number of nitrogens with zero attached hydrogens (tertiary/aromatic N) is 5. The van der Waals surface area contributed by atoms with Crippen LogP contribution >= 0.6 is 0 Å². The maximum absolute atomic E-state index is 13.5. The molecule has 0 bridgehead atoms. The summed E-state index contributed by atoms with van der Waals surface area (Å²) in [5, 5.41) is 1.14. The first kappa shape index (κ1) is 21.2. The predicted octanol–water partition coefficient (Wildman–Crippen LogP) is 5.21. The van der Waals surface area contributed by atoms with Gasteiger partial charge in [0.15, 0.2) is 0 Å². The second kappa shape index (κ2) is 7.95. The standard InChI is InChI=1S/C29H24FN5O/c30-24-9-13-34(18-24)27(36)20-5-3-19(4-6-20)22-15-32-28-33-16-26(35(28)17-22)29(10-11-29)23-7-8-25-21(14-23)2-1-12-31-25/h1-8,12,14-17,24H,9-11,13,18H2. The molecular formula is C29H24FN5O. The summed E-state index contributed by atoms with van der Waals surface area (Å²) in [6, 6.07) is 18.1. The van der Waals surface area contributed by atoms with E-state index in [1.807, 2.05) is 48.9 Å². The van der Waals surface area contributed by atoms with Crippen LogP contribution < -0.4 is 0 Å². The molecule has 0 spiro atoms. The summed E-state index contributed by atoms with van der Waals surface area (Å²) in [6.45, 7) is 0.654. The van der Waals surface area contributed by atoms with Gasteiger partial charge in [-0.1, -0.05) is 24.3 Å². The summed E-state index contributed by atoms with van der Waals surface area (Å²) < 4.78 is 15.6. The molecule has 5 aromatic rings. The van der Waals surface area contributed by atoms with Crippen molar-refractivity contribution in [3.05, 3.63) is 96.2 Å². The maximum Gasteiger partial charge on any atom is 0.253 e. The molecule has 7 rings (SSSR count). The van der Waals surface area contributed by atoms with Gasteiger partial charge in [0.05, 0.1) is 24.0 Å². The van der Waals surface area contributed by atoms with Crippen LogP contribution in [0.2, 0.25) is 0 Å². The van der Waals surface area contributed by atoms with Crippen molar-refractivity contribution in [1.29, 1.82) is 0 Å². The lowest BCUT2D eigenvalue weighted by Crippen LogP contribution is -2.28. The Kier molecular flexibility index (Phi) is 4.67. The van der Waals surface area contributed by atoms with Crippen molar-refractivity contribution in [2.24, 2.45) is 0 Å². The van der Waals surface area contributed by atoms with Gasteiger partial charge in [0.1, 0.15) is 6.17 Å². The zero-order chi connectivity index (χ0) is 24.3. The molecule has 1 unspecified atom stereocenters. The van der Waals surface area contributed by atoms with Crippen molar-refractivity contribution >= 4 is 22.6 Å². The Balaban J connectivity index is 1.22. The number of alkyl halides is 1. The average molecular weight is 478 g/mol. The van der Waals surface area contributed by atoms with Gasteiger partial charge in [-0.15, -0.1) is 0 Å². The van der Waals surface area contributed by atoms with Gasteiger partial charge in [-0.25, -0.2) is 14.4 Å². The lowest BCUT2D eigenvalue weighted by molar-refractivity contribution is 0.0783. The first-order valence-corrected chi connectivity index (χ1v) is 12.3. The van der Waals surface area contributed by atoms with Gasteiger partial charge >= 0.3 is 0 Å². The molecule has 1 aliphatic heterocycles. The highest BCUT2D eigenvalue weighted by Crippen LogP contribution is 2.53. The van der Waals surface area contributed by atoms with Gasteiger partial charge in [-0.3, -0.25) is 14.2 Å². The molecule has 2 fully saturated rings. The molecule has 0 radical (unpaired) electrons. The second-order valence-electron chi connectivity index (χ2n) is 9.86. The molecule has 1 saturated carbocycles. The predicted molar refractivity (Wildman–Crippen MR) is 136 cm³/mol. The monoisotopic (exact) mass is 477 g/mol. The van der Waals surface area contributed by atoms with Crippen molar-refractivity contribution in [1.82, 2.24) is 24.3 Å². The highest BCUT2D eigenvalue weighted by molar-refractivity contribution is 5.95. The molecule has 0 N–H and O–H groups in total. The van der Waals surface area contributed by atoms with Gasteiger partial charge < -0.3 is 4.90 Å². The van der Waals surface area contributed by atoms with Gasteiger partial charge in [-0.2, -0.15) is 0 Å². The van der Waals surface area contributed by atoms with Crippen molar-refractivity contribution < 1.29 is 9.18 Å². The minimum Gasteiger partial charge on any atom is -0.336 e. The molecule has 2 aromatic carbocycles. The molecule has 7 heteroatoms. The fourth-order valence-corrected chi connectivity index (χ4v) is 5.46. The first-order chi connectivity index (χ1) is 17.6. The SMILES string of the molecule is O=C(c1ccc(-c2cnc3ncc(C4(c5ccc6ncccc6c5)CC4)n3c2)cc1)N1CCC(F)C1. The molecular weight excluding hydrogens is 453 g/mol. The number of amides is 1. The quantitative estimate of drug-likeness (QED) is 0.357. The summed E-state index contributed by atoms with van der Waals surface area (Å²) in [6.07, 6.45) is 9.28. The van der Waals surface area contributed by atoms with E-state index in [9.17, 15) is 9.18 Å². The fraction of sp³-hybridized carbons (Fsp3) is 0.241. The summed E-state index contributed by atoms with van der Waals surface area (Å²) in [7, 11) is 0. The zero-order valence-corrected chi connectivity index (χ0v) is 19.6. The fourth-order valence-electron chi connectivity index (χ4n) is 5.46. The van der Waals surface area contributed by atoms with Crippen LogP contribution in [-0.4, -0.2) is 49.4 Å². The van der Waals surface area contributed by atoms with Crippen LogP contribution in [-0.2, 0) is 5.41 Å². The molecule has 1 saturated heterocycles. The molecule has 1 amide bonds. The number of likely N-dealkylation sites (tertiary alicyclic amines) is 1. The van der Waals surface area contributed by atoms with Crippen LogP contribution in [0.15, 0.2) is 79.4 Å². The minimum atomic E-state index is -0.920. The van der Waals surface area contributed by atoms with E-state index in [0.717, 1.165) is 40.6 Å². The second-order valence-corrected chi connectivity index (χ2v) is 9.86. The van der Waals surface area contributed by atoms with E-state index in [-0.39, 0.29) is 17.9 Å². The van der Waals surface area contributed by atoms with Crippen LogP contribution in [0.4, 0.5) is 4.39 Å². The van der Waals surface area contributed by atoms with E-state index in [4.69, 9.17) is 0 Å². The largest absolute Gasteiger partial charge is 0.336 e. The highest BCUT2D eigenvalue weighted by atomic mass is 19.1. The van der Waals surface area contributed by atoms with E-state index in [1.54, 1.807) is 4.90 Å². The average Bonchev–Trinajstić information content (AvgIpc) is 3.42. The third kappa shape index (κ3) is 3.38. The number of halogens is 1. The van der Waals surface area contributed by atoms with Crippen molar-refractivity contribution in [3.63, 3.8) is 0 Å². The number of aromatic nitrogens is 4. The maximum atomic E-state index is 13.5. The van der Waals surface area contributed by atoms with E-state index in [1.165, 1.54) is 5.56 Å². The molecule has 36 heavy (non-hydrogen) atoms. The van der Waals surface area contributed by atoms with E-state index in [0.29, 0.717) is 24.3 Å². The number of carbonyl (C=O) groups is 1. The molecule has 1 atom stereocenters. The van der Waals surface area contributed by atoms with E-state index >= 15 is 0 Å². The number of pyridine rings is 1. The summed E-state index contributed by atoms with van der Waals surface area (Å²) in [5.41, 5.74) is 5.82. The van der Waals surface area contributed by atoms with Gasteiger partial charge in [0.2, 0.25) is 5.78 Å². The minimum absolute atomic E-state index is 0.0793. The number of benzene rings is 2. The Bertz CT molecular complexity index is 1620. The smallest absolute Gasteiger partial charge is 0.253 e. The van der Waals surface area contributed by atoms with Gasteiger partial charge in [-0.05, 0) is 60.7 Å². The molecule has 3 aromatic heterocycles. The molecule has 4 heterocycles. The Labute approximate surface area is 207 Å². The topological polar surface area (TPSA) is 63.4 Å². The number of fused-ring (bicyclic) bond motifs is 2. The number of carbonyl (C=O) groups excluding carboxylic acids is 1. The Morgan fingerprint density at radius 3 is 2.58 bits per heavy atom. The van der Waals surface area contributed by atoms with Crippen LogP contribution in [0.5, 0.6) is 0 Å². The lowest BCUT2D eigenvalue weighted by atomic mass is 9.91. The molecule has 2 aliphatic rings. The van der Waals surface area contributed by atoms with Crippen LogP contribution in [0, 0.1) is 0 Å². The number of rotatable bonds is 4. The lowest BCUT2D eigenvalue weighted by Gasteiger charge is -2.17.